The number of benzene rings is 2. The Balaban J connectivity index is 2.58. The van der Waals surface area contributed by atoms with Crippen LogP contribution in [-0.2, 0) is 0 Å². The number of ether oxygens (including phenoxy) is 3. The molecule has 0 unspecified atom stereocenters. The molecule has 2 N–H and O–H groups in total. The van der Waals surface area contributed by atoms with Crippen molar-refractivity contribution in [3.63, 3.8) is 0 Å². The van der Waals surface area contributed by atoms with Gasteiger partial charge in [0, 0.05) is 25.7 Å². The van der Waals surface area contributed by atoms with Crippen LogP contribution in [0.4, 0.5) is 11.4 Å². The van der Waals surface area contributed by atoms with Crippen LogP contribution >= 0.6 is 0 Å². The fourth-order valence-corrected chi connectivity index (χ4v) is 3.16. The first-order chi connectivity index (χ1) is 13.9. The van der Waals surface area contributed by atoms with Crippen LogP contribution in [0.2, 0.25) is 0 Å². The molecule has 2 aromatic carbocycles. The van der Waals surface area contributed by atoms with Gasteiger partial charge in [-0.1, -0.05) is 19.4 Å². The summed E-state index contributed by atoms with van der Waals surface area (Å²) in [6, 6.07) is 9.12. The van der Waals surface area contributed by atoms with E-state index in [1.165, 1.54) is 14.2 Å². The molecular formula is C23H30N2O4. The molecule has 0 saturated carbocycles. The molecule has 156 valence electrons. The predicted molar refractivity (Wildman–Crippen MR) is 118 cm³/mol. The van der Waals surface area contributed by atoms with Gasteiger partial charge in [-0.05, 0) is 36.3 Å². The molecule has 2 rings (SSSR count). The number of anilines is 2. The normalized spacial score (nSPS) is 11.2. The number of rotatable bonds is 9. The molecule has 2 aromatic rings. The Labute approximate surface area is 172 Å². The van der Waals surface area contributed by atoms with Gasteiger partial charge < -0.3 is 24.8 Å². The van der Waals surface area contributed by atoms with Crippen LogP contribution < -0.4 is 24.8 Å². The lowest BCUT2D eigenvalue weighted by Gasteiger charge is -2.17. The van der Waals surface area contributed by atoms with E-state index in [-0.39, 0.29) is 5.78 Å². The van der Waals surface area contributed by atoms with E-state index in [0.717, 1.165) is 17.7 Å². The van der Waals surface area contributed by atoms with Crippen LogP contribution in [0.3, 0.4) is 0 Å². The lowest BCUT2D eigenvalue weighted by atomic mass is 9.96. The van der Waals surface area contributed by atoms with E-state index >= 15 is 0 Å². The molecule has 0 spiro atoms. The maximum absolute atomic E-state index is 13.4. The molecule has 0 aromatic heterocycles. The molecule has 0 aliphatic rings. The number of allylic oxidation sites excluding steroid dienone is 1. The number of nitrogens with two attached hydrogens (primary N) is 1. The molecule has 0 saturated heterocycles. The highest BCUT2D eigenvalue weighted by atomic mass is 16.5. The second-order valence-corrected chi connectivity index (χ2v) is 6.87. The summed E-state index contributed by atoms with van der Waals surface area (Å²) < 4.78 is 16.2. The fraction of sp³-hybridized carbons (Fsp3) is 0.348. The summed E-state index contributed by atoms with van der Waals surface area (Å²) in [5.74, 6) is 1.26. The summed E-state index contributed by atoms with van der Waals surface area (Å²) in [7, 11) is 8.48. The van der Waals surface area contributed by atoms with Gasteiger partial charge >= 0.3 is 0 Å². The van der Waals surface area contributed by atoms with Crippen LogP contribution in [0.25, 0.3) is 6.08 Å². The summed E-state index contributed by atoms with van der Waals surface area (Å²) in [6.07, 6.45) is 3.36. The summed E-state index contributed by atoms with van der Waals surface area (Å²) in [5.41, 5.74) is 9.65. The number of hydrogen-bond donors (Lipinski definition) is 1. The maximum atomic E-state index is 13.4. The average molecular weight is 399 g/mol. The Kier molecular flexibility index (Phi) is 7.53. The van der Waals surface area contributed by atoms with Gasteiger partial charge in [-0.15, -0.1) is 0 Å². The summed E-state index contributed by atoms with van der Waals surface area (Å²) >= 11 is 0. The highest BCUT2D eigenvalue weighted by Crippen LogP contribution is 2.37. The first-order valence-corrected chi connectivity index (χ1v) is 9.48. The van der Waals surface area contributed by atoms with Gasteiger partial charge in [0.05, 0.1) is 38.3 Å². The fourth-order valence-electron chi connectivity index (χ4n) is 3.16. The number of nitrogens with zero attached hydrogens (tertiary/aromatic N) is 1. The molecule has 0 aliphatic carbocycles. The zero-order valence-electron chi connectivity index (χ0n) is 18.0. The Morgan fingerprint density at radius 1 is 1.07 bits per heavy atom. The number of hydrogen-bond acceptors (Lipinski definition) is 6. The van der Waals surface area contributed by atoms with Crippen molar-refractivity contribution < 1.29 is 19.0 Å². The molecule has 0 radical (unpaired) electrons. The largest absolute Gasteiger partial charge is 0.497 e. The van der Waals surface area contributed by atoms with Crippen molar-refractivity contribution in [2.45, 2.75) is 19.8 Å². The second kappa shape index (κ2) is 9.87. The quantitative estimate of drug-likeness (QED) is 0.383. The Morgan fingerprint density at radius 3 is 2.34 bits per heavy atom. The van der Waals surface area contributed by atoms with Crippen molar-refractivity contribution in [2.75, 3.05) is 46.1 Å². The van der Waals surface area contributed by atoms with Crippen LogP contribution in [-0.4, -0.2) is 41.2 Å². The minimum atomic E-state index is -0.121. The van der Waals surface area contributed by atoms with Gasteiger partial charge in [0.2, 0.25) is 0 Å². The minimum absolute atomic E-state index is 0.121. The lowest BCUT2D eigenvalue weighted by molar-refractivity contribution is 0.102. The van der Waals surface area contributed by atoms with Crippen molar-refractivity contribution >= 4 is 23.2 Å². The number of Topliss-reactive ketones (excluding diaryl/α,β-unsaturated/α-hetero) is 1. The third-order valence-electron chi connectivity index (χ3n) is 4.62. The number of methoxy groups -OCH3 is 3. The maximum Gasteiger partial charge on any atom is 0.193 e. The number of carbonyl (C=O) groups is 1. The summed E-state index contributed by atoms with van der Waals surface area (Å²) in [4.78, 5) is 15.4. The molecule has 6 nitrogen and oxygen atoms in total. The van der Waals surface area contributed by atoms with Gasteiger partial charge in [0.15, 0.2) is 17.3 Å². The Hall–Kier alpha value is -3.15. The van der Waals surface area contributed by atoms with Crippen molar-refractivity contribution in [1.29, 1.82) is 0 Å². The zero-order valence-corrected chi connectivity index (χ0v) is 18.0. The SMILES string of the molecule is CCCC(=Cc1ccc(N)c(N(C)C)c1)C(=O)c1cc(OC)cc(OC)c1OC. The number of ketones is 1. The van der Waals surface area contributed by atoms with Gasteiger partial charge in [-0.25, -0.2) is 0 Å². The first-order valence-electron chi connectivity index (χ1n) is 9.48. The Morgan fingerprint density at radius 2 is 1.79 bits per heavy atom. The van der Waals surface area contributed by atoms with Crippen molar-refractivity contribution in [3.05, 3.63) is 47.0 Å². The van der Waals surface area contributed by atoms with Crippen LogP contribution in [0, 0.1) is 0 Å². The second-order valence-electron chi connectivity index (χ2n) is 6.87. The molecule has 0 fully saturated rings. The van der Waals surface area contributed by atoms with Crippen molar-refractivity contribution in [3.8, 4) is 17.2 Å². The highest BCUT2D eigenvalue weighted by molar-refractivity contribution is 6.13. The zero-order chi connectivity index (χ0) is 21.6. The minimum Gasteiger partial charge on any atom is -0.497 e. The van der Waals surface area contributed by atoms with Gasteiger partial charge in [-0.3, -0.25) is 4.79 Å². The van der Waals surface area contributed by atoms with Crippen molar-refractivity contribution in [2.24, 2.45) is 0 Å². The molecule has 0 atom stereocenters. The lowest BCUT2D eigenvalue weighted by Crippen LogP contribution is -2.11. The van der Waals surface area contributed by atoms with E-state index < -0.39 is 0 Å². The Bertz CT molecular complexity index is 904. The monoisotopic (exact) mass is 398 g/mol. The average Bonchev–Trinajstić information content (AvgIpc) is 2.72. The van der Waals surface area contributed by atoms with E-state index in [4.69, 9.17) is 19.9 Å². The van der Waals surface area contributed by atoms with Gasteiger partial charge in [-0.2, -0.15) is 0 Å². The number of carbonyl (C=O) groups excluding carboxylic acids is 1. The standard InChI is InChI=1S/C23H30N2O4/c1-7-8-16(11-15-9-10-19(24)20(12-15)25(2)3)22(26)18-13-17(27-4)14-21(28-5)23(18)29-6/h9-14H,7-8,24H2,1-6H3. The van der Waals surface area contributed by atoms with Crippen molar-refractivity contribution in [1.82, 2.24) is 0 Å². The third-order valence-corrected chi connectivity index (χ3v) is 4.62. The molecule has 0 aliphatic heterocycles. The van der Waals surface area contributed by atoms with Crippen LogP contribution in [0.1, 0.15) is 35.7 Å². The molecule has 0 bridgehead atoms. The summed E-state index contributed by atoms with van der Waals surface area (Å²) in [5, 5.41) is 0. The smallest absolute Gasteiger partial charge is 0.193 e. The van der Waals surface area contributed by atoms with Crippen LogP contribution in [0.5, 0.6) is 17.2 Å². The van der Waals surface area contributed by atoms with E-state index in [1.807, 2.05) is 50.2 Å². The molecule has 6 heteroatoms. The molecular weight excluding hydrogens is 368 g/mol. The molecule has 29 heavy (non-hydrogen) atoms. The van der Waals surface area contributed by atoms with Crippen LogP contribution in [0.15, 0.2) is 35.9 Å². The highest BCUT2D eigenvalue weighted by Gasteiger charge is 2.22. The van der Waals surface area contributed by atoms with E-state index in [2.05, 4.69) is 0 Å². The molecule has 0 heterocycles. The topological polar surface area (TPSA) is 74.0 Å². The molecule has 0 amide bonds. The van der Waals surface area contributed by atoms with E-state index in [1.54, 1.807) is 19.2 Å². The third kappa shape index (κ3) is 5.02. The first kappa shape index (κ1) is 22.1. The predicted octanol–water partition coefficient (Wildman–Crippen LogP) is 4.43. The summed E-state index contributed by atoms with van der Waals surface area (Å²) in [6.45, 7) is 2.04. The van der Waals surface area contributed by atoms with E-state index in [9.17, 15) is 4.79 Å². The number of nitrogen functional groups attached to an aromatic ring is 1. The van der Waals surface area contributed by atoms with E-state index in [0.29, 0.717) is 40.5 Å². The van der Waals surface area contributed by atoms with Gasteiger partial charge in [0.1, 0.15) is 5.75 Å². The van der Waals surface area contributed by atoms with Gasteiger partial charge in [0.25, 0.3) is 0 Å².